The highest BCUT2D eigenvalue weighted by Gasteiger charge is 2.51. The fourth-order valence-electron chi connectivity index (χ4n) is 10.2. The Kier molecular flexibility index (Phi) is 7.16. The van der Waals surface area contributed by atoms with Crippen LogP contribution in [0.4, 0.5) is 0 Å². The van der Waals surface area contributed by atoms with E-state index in [4.69, 9.17) is 19.7 Å². The van der Waals surface area contributed by atoms with Crippen LogP contribution < -0.4 is 4.74 Å². The minimum Gasteiger partial charge on any atom is -0.457 e. The molecule has 278 valence electrons. The van der Waals surface area contributed by atoms with Crippen LogP contribution in [0.1, 0.15) is 47.2 Å². The zero-order valence-electron chi connectivity index (χ0n) is 32.6. The summed E-state index contributed by atoms with van der Waals surface area (Å²) in [5, 5.41) is 0. The average molecular weight is 756 g/mol. The molecule has 0 saturated heterocycles. The van der Waals surface area contributed by atoms with E-state index in [0.717, 1.165) is 39.3 Å². The standard InChI is InChI=1S/C55H37N3O/c1-54(2)43-23-10-9-20-39(43)42-22-15-21-38(50(42)54)36-28-30-40-41-31-29-37(53-57-51(34-16-5-3-6-17-34)56-52(58-53)35-18-7-4-8-19-35)33-47(41)55(46(40)32-36)44-24-11-13-26-48(44)59-49-27-14-12-25-45(49)55/h3-33H,1-2H3. The summed E-state index contributed by atoms with van der Waals surface area (Å²) < 4.78 is 6.74. The Hall–Kier alpha value is -7.43. The number of hydrogen-bond acceptors (Lipinski definition) is 4. The van der Waals surface area contributed by atoms with Crippen LogP contribution in [-0.4, -0.2) is 15.0 Å². The summed E-state index contributed by atoms with van der Waals surface area (Å²) in [7, 11) is 0. The van der Waals surface area contributed by atoms with Gasteiger partial charge >= 0.3 is 0 Å². The molecule has 0 saturated carbocycles. The Balaban J connectivity index is 1.12. The Morgan fingerprint density at radius 2 is 0.780 bits per heavy atom. The maximum atomic E-state index is 6.74. The lowest BCUT2D eigenvalue weighted by Gasteiger charge is -2.39. The van der Waals surface area contributed by atoms with Crippen LogP contribution in [0.25, 0.3) is 67.5 Å². The molecule has 0 fully saturated rings. The van der Waals surface area contributed by atoms with Crippen molar-refractivity contribution in [1.29, 1.82) is 0 Å². The molecule has 4 nitrogen and oxygen atoms in total. The van der Waals surface area contributed by atoms with Crippen LogP contribution >= 0.6 is 0 Å². The van der Waals surface area contributed by atoms with Crippen LogP contribution in [0.15, 0.2) is 188 Å². The molecule has 8 aromatic carbocycles. The number of nitrogens with zero attached hydrogens (tertiary/aromatic N) is 3. The van der Waals surface area contributed by atoms with Gasteiger partial charge in [-0.1, -0.05) is 178 Å². The predicted octanol–water partition coefficient (Wildman–Crippen LogP) is 13.3. The summed E-state index contributed by atoms with van der Waals surface area (Å²) >= 11 is 0. The van der Waals surface area contributed by atoms with Crippen molar-refractivity contribution < 1.29 is 4.74 Å². The third-order valence-electron chi connectivity index (χ3n) is 12.8. The maximum absolute atomic E-state index is 6.74. The van der Waals surface area contributed by atoms with Crippen molar-refractivity contribution in [2.75, 3.05) is 0 Å². The Morgan fingerprint density at radius 1 is 0.339 bits per heavy atom. The molecule has 4 heteroatoms. The fraction of sp³-hybridized carbons (Fsp3) is 0.0727. The van der Waals surface area contributed by atoms with Crippen molar-refractivity contribution >= 4 is 0 Å². The minimum absolute atomic E-state index is 0.156. The van der Waals surface area contributed by atoms with Crippen molar-refractivity contribution in [2.45, 2.75) is 24.7 Å². The molecule has 0 amide bonds. The summed E-state index contributed by atoms with van der Waals surface area (Å²) in [5.41, 5.74) is 16.9. The second-order valence-electron chi connectivity index (χ2n) is 16.3. The van der Waals surface area contributed by atoms with Gasteiger partial charge in [0.1, 0.15) is 11.5 Å². The van der Waals surface area contributed by atoms with Gasteiger partial charge in [0.05, 0.1) is 5.41 Å². The molecule has 9 aromatic rings. The molecule has 0 bridgehead atoms. The summed E-state index contributed by atoms with van der Waals surface area (Å²) in [6.07, 6.45) is 0. The van der Waals surface area contributed by atoms with E-state index in [1.54, 1.807) is 0 Å². The van der Waals surface area contributed by atoms with E-state index >= 15 is 0 Å². The van der Waals surface area contributed by atoms with Gasteiger partial charge in [0.2, 0.25) is 0 Å². The molecule has 0 atom stereocenters. The highest BCUT2D eigenvalue weighted by Crippen LogP contribution is 2.63. The first-order chi connectivity index (χ1) is 29.0. The van der Waals surface area contributed by atoms with E-state index < -0.39 is 5.41 Å². The van der Waals surface area contributed by atoms with Crippen LogP contribution in [-0.2, 0) is 10.8 Å². The van der Waals surface area contributed by atoms with Crippen molar-refractivity contribution in [3.63, 3.8) is 0 Å². The molecule has 1 aromatic heterocycles. The second-order valence-corrected chi connectivity index (χ2v) is 16.3. The predicted molar refractivity (Wildman–Crippen MR) is 237 cm³/mol. The molecule has 0 radical (unpaired) electrons. The average Bonchev–Trinajstić information content (AvgIpc) is 3.71. The smallest absolute Gasteiger partial charge is 0.164 e. The van der Waals surface area contributed by atoms with Crippen molar-refractivity contribution in [3.05, 3.63) is 221 Å². The van der Waals surface area contributed by atoms with E-state index in [9.17, 15) is 0 Å². The minimum atomic E-state index is -0.684. The molecular formula is C55H37N3O. The zero-order chi connectivity index (χ0) is 39.3. The third-order valence-corrected chi connectivity index (χ3v) is 12.8. The van der Waals surface area contributed by atoms with E-state index in [1.165, 1.54) is 55.6 Å². The number of aromatic nitrogens is 3. The highest BCUT2D eigenvalue weighted by atomic mass is 16.5. The molecular weight excluding hydrogens is 719 g/mol. The monoisotopic (exact) mass is 755 g/mol. The molecule has 1 aliphatic heterocycles. The summed E-state index contributed by atoms with van der Waals surface area (Å²) in [6.45, 7) is 4.73. The van der Waals surface area contributed by atoms with Gasteiger partial charge in [-0.25, -0.2) is 15.0 Å². The zero-order valence-corrected chi connectivity index (χ0v) is 32.6. The molecule has 1 spiro atoms. The van der Waals surface area contributed by atoms with Gasteiger partial charge in [0.25, 0.3) is 0 Å². The molecule has 0 N–H and O–H groups in total. The number of para-hydroxylation sites is 2. The molecule has 2 aliphatic carbocycles. The number of fused-ring (bicyclic) bond motifs is 12. The summed E-state index contributed by atoms with van der Waals surface area (Å²) in [6, 6.07) is 67.0. The largest absolute Gasteiger partial charge is 0.457 e. The number of benzene rings is 8. The Labute approximate surface area is 343 Å². The van der Waals surface area contributed by atoms with E-state index in [1.807, 2.05) is 36.4 Å². The van der Waals surface area contributed by atoms with Crippen LogP contribution in [0, 0.1) is 0 Å². The van der Waals surface area contributed by atoms with Gasteiger partial charge in [-0.05, 0) is 79.9 Å². The lowest BCUT2D eigenvalue weighted by Crippen LogP contribution is -2.32. The van der Waals surface area contributed by atoms with Gasteiger partial charge in [-0.3, -0.25) is 0 Å². The van der Waals surface area contributed by atoms with Gasteiger partial charge in [0.15, 0.2) is 17.5 Å². The number of rotatable bonds is 4. The third kappa shape index (κ3) is 4.80. The topological polar surface area (TPSA) is 47.9 Å². The SMILES string of the molecule is CC1(C)c2ccccc2-c2cccc(-c3ccc4c(c3)C3(c5ccccc5Oc5ccccc53)c3cc(-c5nc(-c6ccccc6)nc(-c6ccccc6)n5)ccc3-4)c21. The van der Waals surface area contributed by atoms with Crippen LogP contribution in [0.2, 0.25) is 0 Å². The summed E-state index contributed by atoms with van der Waals surface area (Å²) in [5.74, 6) is 3.62. The molecule has 0 unspecified atom stereocenters. The fourth-order valence-corrected chi connectivity index (χ4v) is 10.2. The number of ether oxygens (including phenoxy) is 1. The lowest BCUT2D eigenvalue weighted by molar-refractivity contribution is 0.436. The van der Waals surface area contributed by atoms with Gasteiger partial charge in [-0.15, -0.1) is 0 Å². The van der Waals surface area contributed by atoms with E-state index in [0.29, 0.717) is 17.5 Å². The van der Waals surface area contributed by atoms with Crippen molar-refractivity contribution in [3.8, 4) is 79.0 Å². The first-order valence-electron chi connectivity index (χ1n) is 20.3. The molecule has 3 aliphatic rings. The van der Waals surface area contributed by atoms with Gasteiger partial charge < -0.3 is 4.74 Å². The Bertz CT molecular complexity index is 3070. The van der Waals surface area contributed by atoms with Crippen molar-refractivity contribution in [2.24, 2.45) is 0 Å². The normalized spacial score (nSPS) is 14.3. The first kappa shape index (κ1) is 33.7. The van der Waals surface area contributed by atoms with Crippen LogP contribution in [0.3, 0.4) is 0 Å². The van der Waals surface area contributed by atoms with Gasteiger partial charge in [0, 0.05) is 33.2 Å². The summed E-state index contributed by atoms with van der Waals surface area (Å²) in [4.78, 5) is 15.3. The molecule has 2 heterocycles. The maximum Gasteiger partial charge on any atom is 0.164 e. The lowest BCUT2D eigenvalue weighted by atomic mass is 9.65. The molecule has 12 rings (SSSR count). The van der Waals surface area contributed by atoms with Crippen LogP contribution in [0.5, 0.6) is 11.5 Å². The number of hydrogen-bond donors (Lipinski definition) is 0. The molecule has 59 heavy (non-hydrogen) atoms. The first-order valence-corrected chi connectivity index (χ1v) is 20.3. The highest BCUT2D eigenvalue weighted by molar-refractivity contribution is 5.94. The quantitative estimate of drug-likeness (QED) is 0.179. The van der Waals surface area contributed by atoms with E-state index in [-0.39, 0.29) is 5.41 Å². The Morgan fingerprint density at radius 3 is 1.39 bits per heavy atom. The van der Waals surface area contributed by atoms with Gasteiger partial charge in [-0.2, -0.15) is 0 Å². The van der Waals surface area contributed by atoms with Crippen molar-refractivity contribution in [1.82, 2.24) is 15.0 Å². The second kappa shape index (κ2) is 12.5. The van der Waals surface area contributed by atoms with E-state index in [2.05, 4.69) is 166 Å².